The molecule has 4 rings (SSSR count). The van der Waals surface area contributed by atoms with Gasteiger partial charge in [0, 0.05) is 22.6 Å². The highest BCUT2D eigenvalue weighted by molar-refractivity contribution is 7.92. The number of hydrogen-bond acceptors (Lipinski definition) is 4. The smallest absolute Gasteiger partial charge is 0.264 e. The molecule has 0 bridgehead atoms. The molecule has 0 aliphatic heterocycles. The zero-order valence-electron chi connectivity index (χ0n) is 23.6. The average molecular weight is 686 g/mol. The van der Waals surface area contributed by atoms with Crippen LogP contribution in [0.3, 0.4) is 0 Å². The van der Waals surface area contributed by atoms with Crippen molar-refractivity contribution in [3.8, 4) is 0 Å². The zero-order valence-corrected chi connectivity index (χ0v) is 27.5. The number of hydrogen-bond donors (Lipinski definition) is 1. The lowest BCUT2D eigenvalue weighted by Crippen LogP contribution is -2.54. The normalized spacial score (nSPS) is 14.6. The minimum absolute atomic E-state index is 0.0109. The van der Waals surface area contributed by atoms with Crippen molar-refractivity contribution in [1.82, 2.24) is 10.2 Å². The molecule has 1 atom stereocenters. The average Bonchev–Trinajstić information content (AvgIpc) is 2.99. The molecule has 0 spiro atoms. The fourth-order valence-electron chi connectivity index (χ4n) is 5.19. The summed E-state index contributed by atoms with van der Waals surface area (Å²) in [5, 5.41) is 4.23. The van der Waals surface area contributed by atoms with E-state index in [0.29, 0.717) is 22.0 Å². The fourth-order valence-corrected chi connectivity index (χ4v) is 7.37. The first-order chi connectivity index (χ1) is 20.5. The van der Waals surface area contributed by atoms with Crippen LogP contribution in [0.25, 0.3) is 0 Å². The summed E-state index contributed by atoms with van der Waals surface area (Å²) >= 11 is 25.0. The van der Waals surface area contributed by atoms with E-state index in [2.05, 4.69) is 5.32 Å². The number of benzene rings is 3. The number of nitrogens with one attached hydrogen (secondary N) is 1. The first-order valence-electron chi connectivity index (χ1n) is 14.1. The monoisotopic (exact) mass is 683 g/mol. The molecule has 1 aliphatic carbocycles. The summed E-state index contributed by atoms with van der Waals surface area (Å²) in [5.74, 6) is -0.887. The number of nitrogens with zero attached hydrogens (tertiary/aromatic N) is 2. The van der Waals surface area contributed by atoms with E-state index in [4.69, 9.17) is 46.4 Å². The maximum atomic E-state index is 14.2. The van der Waals surface area contributed by atoms with Gasteiger partial charge in [0.05, 0.1) is 20.6 Å². The van der Waals surface area contributed by atoms with Gasteiger partial charge in [0.1, 0.15) is 12.6 Å². The van der Waals surface area contributed by atoms with Crippen LogP contribution < -0.4 is 9.62 Å². The van der Waals surface area contributed by atoms with Gasteiger partial charge in [-0.15, -0.1) is 0 Å². The molecule has 0 radical (unpaired) electrons. The van der Waals surface area contributed by atoms with Crippen LogP contribution in [-0.2, 0) is 26.2 Å². The van der Waals surface area contributed by atoms with E-state index in [1.54, 1.807) is 36.4 Å². The Kier molecular flexibility index (Phi) is 11.6. The van der Waals surface area contributed by atoms with E-state index in [1.807, 2.05) is 6.92 Å². The van der Waals surface area contributed by atoms with Crippen molar-refractivity contribution >= 4 is 73.9 Å². The molecule has 0 heterocycles. The molecule has 230 valence electrons. The highest BCUT2D eigenvalue weighted by Gasteiger charge is 2.35. The summed E-state index contributed by atoms with van der Waals surface area (Å²) < 4.78 is 28.9. The molecule has 3 aromatic rings. The number of halogens is 4. The van der Waals surface area contributed by atoms with E-state index in [0.717, 1.165) is 36.4 Å². The summed E-state index contributed by atoms with van der Waals surface area (Å²) in [6.07, 6.45) is 5.23. The predicted molar refractivity (Wildman–Crippen MR) is 174 cm³/mol. The lowest BCUT2D eigenvalue weighted by molar-refractivity contribution is -0.140. The van der Waals surface area contributed by atoms with Crippen LogP contribution in [0.4, 0.5) is 5.69 Å². The van der Waals surface area contributed by atoms with Gasteiger partial charge in [-0.3, -0.25) is 13.9 Å². The van der Waals surface area contributed by atoms with E-state index < -0.39 is 28.5 Å². The Balaban J connectivity index is 1.73. The van der Waals surface area contributed by atoms with Crippen molar-refractivity contribution in [2.45, 2.75) is 69.0 Å². The van der Waals surface area contributed by atoms with Gasteiger partial charge in [0.25, 0.3) is 10.0 Å². The molecular formula is C31H33Cl4N3O4S. The van der Waals surface area contributed by atoms with Crippen LogP contribution in [0.1, 0.15) is 51.0 Å². The number of anilines is 1. The molecular weight excluding hydrogens is 652 g/mol. The van der Waals surface area contributed by atoms with Gasteiger partial charge in [-0.1, -0.05) is 96.9 Å². The molecule has 0 aromatic heterocycles. The fraction of sp³-hybridized carbons (Fsp3) is 0.355. The highest BCUT2D eigenvalue weighted by atomic mass is 35.5. The second-order valence-electron chi connectivity index (χ2n) is 10.4. The molecule has 0 saturated heterocycles. The quantitative estimate of drug-likeness (QED) is 0.224. The standard InChI is InChI=1S/C31H33Cl4N3O4S/c1-2-29(31(40)36-23-9-5-3-6-10-23)37(19-21-13-14-22(32)17-27(21)34)30(39)20-38(24-15-16-26(33)28(35)18-24)43(41,42)25-11-7-4-8-12-25/h4,7-8,11-18,23,29H,2-3,5-6,9-10,19-20H2,1H3,(H,36,40). The van der Waals surface area contributed by atoms with Crippen molar-refractivity contribution in [3.05, 3.63) is 92.4 Å². The van der Waals surface area contributed by atoms with Crippen LogP contribution in [0.2, 0.25) is 20.1 Å². The Bertz CT molecular complexity index is 1550. The first kappa shape index (κ1) is 33.4. The minimum Gasteiger partial charge on any atom is -0.352 e. The maximum absolute atomic E-state index is 14.2. The summed E-state index contributed by atoms with van der Waals surface area (Å²) in [6.45, 7) is 1.17. The first-order valence-corrected chi connectivity index (χ1v) is 17.0. The summed E-state index contributed by atoms with van der Waals surface area (Å²) in [6, 6.07) is 16.2. The Hall–Kier alpha value is -2.49. The Labute approximate surface area is 273 Å². The van der Waals surface area contributed by atoms with Crippen LogP contribution in [0.15, 0.2) is 71.6 Å². The lowest BCUT2D eigenvalue weighted by atomic mass is 9.95. The number of rotatable bonds is 11. The van der Waals surface area contributed by atoms with Gasteiger partial charge in [-0.2, -0.15) is 0 Å². The van der Waals surface area contributed by atoms with Gasteiger partial charge < -0.3 is 10.2 Å². The second kappa shape index (κ2) is 15.0. The van der Waals surface area contributed by atoms with Crippen molar-refractivity contribution < 1.29 is 18.0 Å². The SMILES string of the molecule is CCC(C(=O)NC1CCCCC1)N(Cc1ccc(Cl)cc1Cl)C(=O)CN(c1ccc(Cl)c(Cl)c1)S(=O)(=O)c1ccccc1. The summed E-state index contributed by atoms with van der Waals surface area (Å²) in [7, 11) is -4.23. The minimum atomic E-state index is -4.23. The van der Waals surface area contributed by atoms with Crippen molar-refractivity contribution in [1.29, 1.82) is 0 Å². The third kappa shape index (κ3) is 8.37. The number of sulfonamides is 1. The van der Waals surface area contributed by atoms with Crippen molar-refractivity contribution in [3.63, 3.8) is 0 Å². The van der Waals surface area contributed by atoms with Crippen LogP contribution >= 0.6 is 46.4 Å². The van der Waals surface area contributed by atoms with Gasteiger partial charge in [0.2, 0.25) is 11.8 Å². The zero-order chi connectivity index (χ0) is 31.1. The third-order valence-electron chi connectivity index (χ3n) is 7.49. The van der Waals surface area contributed by atoms with Crippen LogP contribution in [-0.4, -0.2) is 43.8 Å². The van der Waals surface area contributed by atoms with Crippen molar-refractivity contribution in [2.24, 2.45) is 0 Å². The molecule has 1 unspecified atom stereocenters. The Morgan fingerprint density at radius 2 is 1.58 bits per heavy atom. The Morgan fingerprint density at radius 3 is 2.21 bits per heavy atom. The molecule has 1 saturated carbocycles. The topological polar surface area (TPSA) is 86.8 Å². The van der Waals surface area contributed by atoms with E-state index in [9.17, 15) is 18.0 Å². The molecule has 1 N–H and O–H groups in total. The molecule has 2 amide bonds. The molecule has 43 heavy (non-hydrogen) atoms. The molecule has 7 nitrogen and oxygen atoms in total. The van der Waals surface area contributed by atoms with Gasteiger partial charge >= 0.3 is 0 Å². The van der Waals surface area contributed by atoms with E-state index >= 15 is 0 Å². The Morgan fingerprint density at radius 1 is 0.884 bits per heavy atom. The summed E-state index contributed by atoms with van der Waals surface area (Å²) in [4.78, 5) is 29.3. The second-order valence-corrected chi connectivity index (χ2v) is 14.0. The largest absolute Gasteiger partial charge is 0.352 e. The van der Waals surface area contributed by atoms with E-state index in [-0.39, 0.29) is 39.1 Å². The molecule has 1 aliphatic rings. The number of carbonyl (C=O) groups is 2. The predicted octanol–water partition coefficient (Wildman–Crippen LogP) is 7.75. The number of amides is 2. The molecule has 3 aromatic carbocycles. The lowest BCUT2D eigenvalue weighted by Gasteiger charge is -2.34. The van der Waals surface area contributed by atoms with E-state index in [1.165, 1.54) is 35.2 Å². The number of carbonyl (C=O) groups excluding carboxylic acids is 2. The summed E-state index contributed by atoms with van der Waals surface area (Å²) in [5.41, 5.74) is 0.714. The third-order valence-corrected chi connectivity index (χ3v) is 10.6. The molecule has 12 heteroatoms. The van der Waals surface area contributed by atoms with Gasteiger partial charge in [-0.05, 0) is 67.3 Å². The van der Waals surface area contributed by atoms with Crippen LogP contribution in [0, 0.1) is 0 Å². The highest BCUT2D eigenvalue weighted by Crippen LogP contribution is 2.31. The van der Waals surface area contributed by atoms with Crippen molar-refractivity contribution in [2.75, 3.05) is 10.8 Å². The molecule has 1 fully saturated rings. The van der Waals surface area contributed by atoms with Gasteiger partial charge in [0.15, 0.2) is 0 Å². The maximum Gasteiger partial charge on any atom is 0.264 e. The van der Waals surface area contributed by atoms with Crippen LogP contribution in [0.5, 0.6) is 0 Å². The van der Waals surface area contributed by atoms with Gasteiger partial charge in [-0.25, -0.2) is 8.42 Å².